The van der Waals surface area contributed by atoms with Gasteiger partial charge in [0.25, 0.3) is 0 Å². The van der Waals surface area contributed by atoms with Gasteiger partial charge in [-0.1, -0.05) is 6.07 Å². The highest BCUT2D eigenvalue weighted by Gasteiger charge is 2.30. The molecule has 180 valence electrons. The molecule has 2 aromatic carbocycles. The smallest absolute Gasteiger partial charge is 0.326 e. The molecule has 4 aromatic rings. The molecule has 1 aliphatic rings. The molecule has 2 aromatic heterocycles. The lowest BCUT2D eigenvalue weighted by Crippen LogP contribution is -2.29. The van der Waals surface area contributed by atoms with Crippen molar-refractivity contribution in [1.82, 2.24) is 24.8 Å². The Morgan fingerprint density at radius 3 is 2.49 bits per heavy atom. The summed E-state index contributed by atoms with van der Waals surface area (Å²) < 4.78 is 55.0. The Hall–Kier alpha value is -3.79. The van der Waals surface area contributed by atoms with Gasteiger partial charge >= 0.3 is 6.18 Å². The minimum absolute atomic E-state index is 0.157. The third-order valence-corrected chi connectivity index (χ3v) is 5.96. The highest BCUT2D eigenvalue weighted by molar-refractivity contribution is 5.77. The molecule has 0 atom stereocenters. The zero-order valence-corrected chi connectivity index (χ0v) is 18.6. The summed E-state index contributed by atoms with van der Waals surface area (Å²) in [4.78, 5) is 13.4. The van der Waals surface area contributed by atoms with Gasteiger partial charge in [0.15, 0.2) is 0 Å². The predicted molar refractivity (Wildman–Crippen MR) is 125 cm³/mol. The fraction of sp³-hybridized carbons (Fsp3) is 0.240. The Kier molecular flexibility index (Phi) is 6.21. The standard InChI is InChI=1S/C25H22F4N6/c26-18-6-4-16(5-7-18)22-23(35(15-32-22)20-8-11-30-12-9-20)21-10-13-31-24(34-21)33-19-3-1-2-17(14-19)25(27,28)29/h1-7,10,13-15,20,30H,8-9,11-12H2,(H,31,33,34). The molecule has 0 spiro atoms. The van der Waals surface area contributed by atoms with Crippen LogP contribution in [0.3, 0.4) is 0 Å². The summed E-state index contributed by atoms with van der Waals surface area (Å²) >= 11 is 0. The number of piperidine rings is 1. The fourth-order valence-electron chi connectivity index (χ4n) is 4.25. The zero-order valence-electron chi connectivity index (χ0n) is 18.6. The monoisotopic (exact) mass is 482 g/mol. The van der Waals surface area contributed by atoms with Crippen molar-refractivity contribution < 1.29 is 17.6 Å². The van der Waals surface area contributed by atoms with Gasteiger partial charge in [-0.15, -0.1) is 0 Å². The summed E-state index contributed by atoms with van der Waals surface area (Å²) in [7, 11) is 0. The second-order valence-corrected chi connectivity index (χ2v) is 8.31. The summed E-state index contributed by atoms with van der Waals surface area (Å²) in [5, 5.41) is 6.22. The summed E-state index contributed by atoms with van der Waals surface area (Å²) in [6.07, 6.45) is 0.684. The summed E-state index contributed by atoms with van der Waals surface area (Å²) in [5.74, 6) is -0.187. The van der Waals surface area contributed by atoms with Gasteiger partial charge in [-0.3, -0.25) is 0 Å². The lowest BCUT2D eigenvalue weighted by molar-refractivity contribution is -0.137. The first-order valence-corrected chi connectivity index (χ1v) is 11.2. The van der Waals surface area contributed by atoms with Crippen LogP contribution in [-0.2, 0) is 6.18 Å². The molecule has 35 heavy (non-hydrogen) atoms. The molecule has 0 aliphatic carbocycles. The van der Waals surface area contributed by atoms with Gasteiger partial charge in [-0.2, -0.15) is 13.2 Å². The number of nitrogens with zero attached hydrogens (tertiary/aromatic N) is 4. The molecular weight excluding hydrogens is 460 g/mol. The number of alkyl halides is 3. The van der Waals surface area contributed by atoms with Crippen molar-refractivity contribution in [2.75, 3.05) is 18.4 Å². The van der Waals surface area contributed by atoms with Crippen LogP contribution in [0.4, 0.5) is 29.2 Å². The van der Waals surface area contributed by atoms with Crippen molar-refractivity contribution in [3.8, 4) is 22.6 Å². The van der Waals surface area contributed by atoms with Crippen LogP contribution in [0.25, 0.3) is 22.6 Å². The first-order chi connectivity index (χ1) is 16.9. The second kappa shape index (κ2) is 9.46. The van der Waals surface area contributed by atoms with Crippen molar-refractivity contribution in [2.24, 2.45) is 0 Å². The van der Waals surface area contributed by atoms with Gasteiger partial charge < -0.3 is 15.2 Å². The molecule has 0 bridgehead atoms. The van der Waals surface area contributed by atoms with Gasteiger partial charge in [-0.05, 0) is 74.5 Å². The number of rotatable bonds is 5. The molecular formula is C25H22F4N6. The van der Waals surface area contributed by atoms with E-state index in [2.05, 4.69) is 30.2 Å². The molecule has 1 fully saturated rings. The van der Waals surface area contributed by atoms with Gasteiger partial charge in [0.05, 0.1) is 29.0 Å². The molecule has 10 heteroatoms. The summed E-state index contributed by atoms with van der Waals surface area (Å²) in [5.41, 5.74) is 2.15. The minimum Gasteiger partial charge on any atom is -0.326 e. The third kappa shape index (κ3) is 5.02. The maximum atomic E-state index is 13.6. The molecule has 5 rings (SSSR count). The number of aromatic nitrogens is 4. The lowest BCUT2D eigenvalue weighted by Gasteiger charge is -2.25. The molecule has 6 nitrogen and oxygen atoms in total. The van der Waals surface area contributed by atoms with Crippen LogP contribution >= 0.6 is 0 Å². The van der Waals surface area contributed by atoms with E-state index in [1.165, 1.54) is 24.3 Å². The average Bonchev–Trinajstić information content (AvgIpc) is 3.30. The molecule has 0 radical (unpaired) electrons. The van der Waals surface area contributed by atoms with Crippen molar-refractivity contribution in [3.63, 3.8) is 0 Å². The largest absolute Gasteiger partial charge is 0.416 e. The van der Waals surface area contributed by atoms with E-state index in [9.17, 15) is 17.6 Å². The summed E-state index contributed by atoms with van der Waals surface area (Å²) in [6, 6.07) is 12.9. The Morgan fingerprint density at radius 2 is 1.74 bits per heavy atom. The van der Waals surface area contributed by atoms with Crippen molar-refractivity contribution in [2.45, 2.75) is 25.1 Å². The van der Waals surface area contributed by atoms with Gasteiger partial charge in [0, 0.05) is 23.5 Å². The van der Waals surface area contributed by atoms with Gasteiger partial charge in [-0.25, -0.2) is 19.3 Å². The normalized spacial score (nSPS) is 14.7. The lowest BCUT2D eigenvalue weighted by atomic mass is 10.0. The van der Waals surface area contributed by atoms with E-state index < -0.39 is 11.7 Å². The van der Waals surface area contributed by atoms with Crippen LogP contribution in [-0.4, -0.2) is 32.6 Å². The first kappa shape index (κ1) is 23.0. The van der Waals surface area contributed by atoms with E-state index in [0.717, 1.165) is 49.3 Å². The zero-order chi connectivity index (χ0) is 24.4. The maximum Gasteiger partial charge on any atom is 0.416 e. The van der Waals surface area contributed by atoms with Crippen LogP contribution in [0.2, 0.25) is 0 Å². The van der Waals surface area contributed by atoms with Crippen molar-refractivity contribution >= 4 is 11.6 Å². The topological polar surface area (TPSA) is 67.7 Å². The number of imidazole rings is 1. The van der Waals surface area contributed by atoms with Gasteiger partial charge in [0.2, 0.25) is 5.95 Å². The SMILES string of the molecule is Fc1ccc(-c2ncn(C3CCNCC3)c2-c2ccnc(Nc3cccc(C(F)(F)F)c3)n2)cc1. The Labute approximate surface area is 199 Å². The van der Waals surface area contributed by atoms with Crippen LogP contribution < -0.4 is 10.6 Å². The van der Waals surface area contributed by atoms with E-state index in [1.807, 2.05) is 0 Å². The van der Waals surface area contributed by atoms with Crippen LogP contribution in [0.15, 0.2) is 67.1 Å². The number of anilines is 2. The van der Waals surface area contributed by atoms with E-state index in [1.54, 1.807) is 30.7 Å². The molecule has 2 N–H and O–H groups in total. The fourth-order valence-corrected chi connectivity index (χ4v) is 4.25. The maximum absolute atomic E-state index is 13.6. The Bertz CT molecular complexity index is 1310. The van der Waals surface area contributed by atoms with Crippen molar-refractivity contribution in [1.29, 1.82) is 0 Å². The van der Waals surface area contributed by atoms with E-state index in [-0.39, 0.29) is 23.5 Å². The minimum atomic E-state index is -4.45. The Balaban J connectivity index is 1.54. The van der Waals surface area contributed by atoms with Crippen molar-refractivity contribution in [3.05, 3.63) is 78.5 Å². The van der Waals surface area contributed by atoms with E-state index in [0.29, 0.717) is 11.4 Å². The number of hydrogen-bond acceptors (Lipinski definition) is 5. The van der Waals surface area contributed by atoms with Crippen LogP contribution in [0, 0.1) is 5.82 Å². The van der Waals surface area contributed by atoms with E-state index >= 15 is 0 Å². The third-order valence-electron chi connectivity index (χ3n) is 5.96. The Morgan fingerprint density at radius 1 is 0.971 bits per heavy atom. The van der Waals surface area contributed by atoms with Crippen LogP contribution in [0.5, 0.6) is 0 Å². The van der Waals surface area contributed by atoms with Gasteiger partial charge in [0.1, 0.15) is 5.82 Å². The molecule has 0 saturated carbocycles. The molecule has 1 aliphatic heterocycles. The predicted octanol–water partition coefficient (Wildman–Crippen LogP) is 5.83. The second-order valence-electron chi connectivity index (χ2n) is 8.31. The van der Waals surface area contributed by atoms with E-state index in [4.69, 9.17) is 0 Å². The molecule has 0 amide bonds. The number of nitrogens with one attached hydrogen (secondary N) is 2. The highest BCUT2D eigenvalue weighted by Crippen LogP contribution is 2.35. The highest BCUT2D eigenvalue weighted by atomic mass is 19.4. The first-order valence-electron chi connectivity index (χ1n) is 11.2. The number of halogens is 4. The number of benzene rings is 2. The number of hydrogen-bond donors (Lipinski definition) is 2. The van der Waals surface area contributed by atoms with Crippen LogP contribution in [0.1, 0.15) is 24.4 Å². The molecule has 0 unspecified atom stereocenters. The average molecular weight is 482 g/mol. The molecule has 3 heterocycles. The molecule has 1 saturated heterocycles. The summed E-state index contributed by atoms with van der Waals surface area (Å²) in [6.45, 7) is 1.75. The quantitative estimate of drug-likeness (QED) is 0.350.